The number of rotatable bonds is 1. The van der Waals surface area contributed by atoms with Crippen LogP contribution in [0.25, 0.3) is 32.8 Å². The Labute approximate surface area is 99.6 Å². The number of aromatic amines is 2. The number of pyridine rings is 1. The summed E-state index contributed by atoms with van der Waals surface area (Å²) in [5.41, 5.74) is 4.55. The van der Waals surface area contributed by atoms with Crippen LogP contribution in [0.15, 0.2) is 30.2 Å². The van der Waals surface area contributed by atoms with Crippen molar-refractivity contribution in [1.82, 2.24) is 24.9 Å². The molecule has 4 aromatic heterocycles. The number of nitrogens with one attached hydrogen (secondary N) is 2. The molecule has 0 atom stereocenters. The number of fused-ring (bicyclic) bond motifs is 3. The Morgan fingerprint density at radius 3 is 3.12 bits per heavy atom. The average Bonchev–Trinajstić information content (AvgIpc) is 3.08. The Morgan fingerprint density at radius 2 is 2.24 bits per heavy atom. The molecule has 17 heavy (non-hydrogen) atoms. The van der Waals surface area contributed by atoms with E-state index < -0.39 is 0 Å². The molecule has 2 N–H and O–H groups in total. The Kier molecular flexibility index (Phi) is 1.64. The lowest BCUT2D eigenvalue weighted by Crippen LogP contribution is -1.77. The molecule has 82 valence electrons. The van der Waals surface area contributed by atoms with Crippen LogP contribution in [0.4, 0.5) is 0 Å². The van der Waals surface area contributed by atoms with Crippen molar-refractivity contribution < 1.29 is 0 Å². The van der Waals surface area contributed by atoms with E-state index in [9.17, 15) is 0 Å². The summed E-state index contributed by atoms with van der Waals surface area (Å²) in [5.74, 6) is 0.845. The zero-order valence-electron chi connectivity index (χ0n) is 8.64. The van der Waals surface area contributed by atoms with E-state index in [4.69, 9.17) is 0 Å². The molecule has 6 heteroatoms. The second-order valence-corrected chi connectivity index (χ2v) is 4.60. The van der Waals surface area contributed by atoms with Gasteiger partial charge in [0.05, 0.1) is 22.1 Å². The van der Waals surface area contributed by atoms with Gasteiger partial charge in [0.25, 0.3) is 0 Å². The molecule has 0 aliphatic carbocycles. The maximum atomic E-state index is 4.61. The van der Waals surface area contributed by atoms with Crippen LogP contribution < -0.4 is 0 Å². The first-order valence-electron chi connectivity index (χ1n) is 5.12. The van der Waals surface area contributed by atoms with Gasteiger partial charge in [0.15, 0.2) is 0 Å². The van der Waals surface area contributed by atoms with Gasteiger partial charge in [0.1, 0.15) is 17.0 Å². The molecular weight excluding hydrogens is 234 g/mol. The van der Waals surface area contributed by atoms with Crippen molar-refractivity contribution in [2.45, 2.75) is 0 Å². The van der Waals surface area contributed by atoms with Gasteiger partial charge in [-0.25, -0.2) is 9.97 Å². The van der Waals surface area contributed by atoms with Crippen LogP contribution in [-0.2, 0) is 0 Å². The van der Waals surface area contributed by atoms with Crippen LogP contribution >= 0.6 is 11.3 Å². The van der Waals surface area contributed by atoms with Crippen molar-refractivity contribution >= 4 is 33.4 Å². The zero-order chi connectivity index (χ0) is 11.2. The molecule has 0 aliphatic rings. The lowest BCUT2D eigenvalue weighted by atomic mass is 10.3. The Balaban J connectivity index is 2.09. The minimum atomic E-state index is 0.845. The van der Waals surface area contributed by atoms with Crippen molar-refractivity contribution in [3.8, 4) is 10.7 Å². The molecule has 4 rings (SSSR count). The van der Waals surface area contributed by atoms with E-state index in [0.717, 1.165) is 32.8 Å². The van der Waals surface area contributed by atoms with E-state index in [2.05, 4.69) is 24.9 Å². The summed E-state index contributed by atoms with van der Waals surface area (Å²) in [6.45, 7) is 0. The highest BCUT2D eigenvalue weighted by Crippen LogP contribution is 2.26. The second kappa shape index (κ2) is 3.14. The number of imidazole rings is 1. The van der Waals surface area contributed by atoms with E-state index in [1.165, 1.54) is 0 Å². The van der Waals surface area contributed by atoms with E-state index >= 15 is 0 Å². The normalized spacial score (nSPS) is 11.5. The second-order valence-electron chi connectivity index (χ2n) is 3.71. The number of nitrogens with zero attached hydrogens (tertiary/aromatic N) is 3. The summed E-state index contributed by atoms with van der Waals surface area (Å²) >= 11 is 1.57. The van der Waals surface area contributed by atoms with Crippen LogP contribution in [0.1, 0.15) is 0 Å². The summed E-state index contributed by atoms with van der Waals surface area (Å²) in [4.78, 5) is 20.4. The van der Waals surface area contributed by atoms with Gasteiger partial charge in [-0.15, -0.1) is 11.3 Å². The van der Waals surface area contributed by atoms with Crippen LogP contribution in [-0.4, -0.2) is 24.9 Å². The Hall–Kier alpha value is -2.21. The number of thiazole rings is 1. The third-order valence-corrected chi connectivity index (χ3v) is 3.48. The van der Waals surface area contributed by atoms with Crippen LogP contribution in [0.3, 0.4) is 0 Å². The molecule has 0 saturated carbocycles. The Morgan fingerprint density at radius 1 is 1.24 bits per heavy atom. The average molecular weight is 241 g/mol. The third-order valence-electron chi connectivity index (χ3n) is 2.70. The maximum absolute atomic E-state index is 4.61. The maximum Gasteiger partial charge on any atom is 0.150 e. The molecule has 0 saturated heterocycles. The fourth-order valence-corrected chi connectivity index (χ4v) is 2.49. The van der Waals surface area contributed by atoms with E-state index in [1.54, 1.807) is 23.0 Å². The van der Waals surface area contributed by atoms with Crippen LogP contribution in [0.5, 0.6) is 0 Å². The van der Waals surface area contributed by atoms with Crippen molar-refractivity contribution in [2.24, 2.45) is 0 Å². The predicted octanol–water partition coefficient (Wildman–Crippen LogP) is 2.56. The summed E-state index contributed by atoms with van der Waals surface area (Å²) in [5, 5.41) is 1.04. The molecule has 0 aromatic carbocycles. The molecule has 0 bridgehead atoms. The van der Waals surface area contributed by atoms with Gasteiger partial charge in [-0.05, 0) is 6.07 Å². The minimum absolute atomic E-state index is 0.845. The van der Waals surface area contributed by atoms with Crippen molar-refractivity contribution in [3.63, 3.8) is 0 Å². The summed E-state index contributed by atoms with van der Waals surface area (Å²) in [6, 6.07) is 1.99. The third kappa shape index (κ3) is 1.21. The first kappa shape index (κ1) is 8.89. The summed E-state index contributed by atoms with van der Waals surface area (Å²) < 4.78 is 0. The monoisotopic (exact) mass is 241 g/mol. The molecule has 5 nitrogen and oxygen atoms in total. The molecule has 0 spiro atoms. The van der Waals surface area contributed by atoms with Gasteiger partial charge < -0.3 is 9.97 Å². The lowest BCUT2D eigenvalue weighted by molar-refractivity contribution is 1.32. The molecule has 4 aromatic rings. The standard InChI is InChI=1S/C11H7N5S/c1-2-13-10-6(1)9-7(3-14-10)15-11(16-9)8-4-12-5-17-8/h1-5H,(H,13,14)(H,15,16). The number of aromatic nitrogens is 5. The van der Waals surface area contributed by atoms with E-state index in [1.807, 2.05) is 18.5 Å². The number of H-pyrrole nitrogens is 2. The van der Waals surface area contributed by atoms with Gasteiger partial charge in [-0.1, -0.05) is 0 Å². The van der Waals surface area contributed by atoms with Crippen molar-refractivity contribution in [3.05, 3.63) is 30.2 Å². The van der Waals surface area contributed by atoms with Gasteiger partial charge in [0, 0.05) is 17.8 Å². The number of hydrogen-bond donors (Lipinski definition) is 2. The zero-order valence-corrected chi connectivity index (χ0v) is 9.45. The minimum Gasteiger partial charge on any atom is -0.346 e. The first-order valence-corrected chi connectivity index (χ1v) is 6.00. The van der Waals surface area contributed by atoms with Gasteiger partial charge >= 0.3 is 0 Å². The summed E-state index contributed by atoms with van der Waals surface area (Å²) in [7, 11) is 0. The Bertz CT molecular complexity index is 796. The highest BCUT2D eigenvalue weighted by molar-refractivity contribution is 7.13. The van der Waals surface area contributed by atoms with Crippen LogP contribution in [0.2, 0.25) is 0 Å². The topological polar surface area (TPSA) is 70.2 Å². The molecular formula is C11H7N5S. The van der Waals surface area contributed by atoms with Crippen LogP contribution in [0, 0.1) is 0 Å². The molecule has 0 fully saturated rings. The molecule has 0 unspecified atom stereocenters. The van der Waals surface area contributed by atoms with E-state index in [0.29, 0.717) is 0 Å². The lowest BCUT2D eigenvalue weighted by Gasteiger charge is -1.88. The molecule has 4 heterocycles. The van der Waals surface area contributed by atoms with E-state index in [-0.39, 0.29) is 0 Å². The molecule has 0 amide bonds. The largest absolute Gasteiger partial charge is 0.346 e. The molecule has 0 aliphatic heterocycles. The SMILES string of the molecule is c1cc2c(ncc3[nH]c(-c4cncs4)nc32)[nH]1. The summed E-state index contributed by atoms with van der Waals surface area (Å²) in [6.07, 6.45) is 5.48. The number of hydrogen-bond acceptors (Lipinski definition) is 4. The highest BCUT2D eigenvalue weighted by atomic mass is 32.1. The van der Waals surface area contributed by atoms with Gasteiger partial charge in [-0.2, -0.15) is 0 Å². The molecule has 0 radical (unpaired) electrons. The fourth-order valence-electron chi connectivity index (χ4n) is 1.92. The van der Waals surface area contributed by atoms with Gasteiger partial charge in [-0.3, -0.25) is 4.98 Å². The fraction of sp³-hybridized carbons (Fsp3) is 0. The quantitative estimate of drug-likeness (QED) is 0.538. The van der Waals surface area contributed by atoms with Gasteiger partial charge in [0.2, 0.25) is 0 Å². The van der Waals surface area contributed by atoms with Crippen molar-refractivity contribution in [1.29, 1.82) is 0 Å². The van der Waals surface area contributed by atoms with Crippen molar-refractivity contribution in [2.75, 3.05) is 0 Å². The predicted molar refractivity (Wildman–Crippen MR) is 66.9 cm³/mol. The smallest absolute Gasteiger partial charge is 0.150 e. The first-order chi connectivity index (χ1) is 8.42. The highest BCUT2D eigenvalue weighted by Gasteiger charge is 2.10.